The van der Waals surface area contributed by atoms with Gasteiger partial charge in [-0.2, -0.15) is 13.2 Å². The van der Waals surface area contributed by atoms with Gasteiger partial charge in [-0.05, 0) is 26.4 Å². The lowest BCUT2D eigenvalue weighted by molar-refractivity contribution is -0.154. The third-order valence-corrected chi connectivity index (χ3v) is 2.41. The standard InChI is InChI=1S/C12H23F3N2O2/c1-4-7-17(9-12(13,14)15)8-10(16-5-2)11(18)19-6-3/h10,16H,4-9H2,1-3H3. The number of nitrogens with one attached hydrogen (secondary N) is 1. The van der Waals surface area contributed by atoms with Crippen LogP contribution in [0.3, 0.4) is 0 Å². The summed E-state index contributed by atoms with van der Waals surface area (Å²) in [6.07, 6.45) is -3.67. The Kier molecular flexibility index (Phi) is 8.75. The van der Waals surface area contributed by atoms with Crippen LogP contribution in [0.4, 0.5) is 13.2 Å². The molecular formula is C12H23F3N2O2. The maximum Gasteiger partial charge on any atom is 0.401 e. The number of alkyl halides is 3. The van der Waals surface area contributed by atoms with Gasteiger partial charge in [-0.25, -0.2) is 0 Å². The van der Waals surface area contributed by atoms with Crippen molar-refractivity contribution in [1.82, 2.24) is 10.2 Å². The molecule has 7 heteroatoms. The quantitative estimate of drug-likeness (QED) is 0.656. The molecule has 1 atom stereocenters. The molecular weight excluding hydrogens is 261 g/mol. The van der Waals surface area contributed by atoms with Gasteiger partial charge in [0.05, 0.1) is 13.2 Å². The van der Waals surface area contributed by atoms with E-state index in [1.165, 1.54) is 4.90 Å². The summed E-state index contributed by atoms with van der Waals surface area (Å²) < 4.78 is 42.2. The molecule has 0 radical (unpaired) electrons. The Hall–Kier alpha value is -0.820. The van der Waals surface area contributed by atoms with Crippen LogP contribution < -0.4 is 5.32 Å². The number of likely N-dealkylation sites (N-methyl/N-ethyl adjacent to an activating group) is 1. The second kappa shape index (κ2) is 9.14. The first kappa shape index (κ1) is 18.2. The average molecular weight is 284 g/mol. The van der Waals surface area contributed by atoms with Gasteiger partial charge in [0, 0.05) is 6.54 Å². The lowest BCUT2D eigenvalue weighted by Crippen LogP contribution is -2.49. The first-order valence-electron chi connectivity index (χ1n) is 6.53. The van der Waals surface area contributed by atoms with Crippen molar-refractivity contribution in [2.45, 2.75) is 39.4 Å². The second-order valence-electron chi connectivity index (χ2n) is 4.21. The molecule has 0 aliphatic heterocycles. The van der Waals surface area contributed by atoms with E-state index in [4.69, 9.17) is 4.74 Å². The van der Waals surface area contributed by atoms with E-state index in [0.717, 1.165) is 0 Å². The Morgan fingerprint density at radius 2 is 1.95 bits per heavy atom. The summed E-state index contributed by atoms with van der Waals surface area (Å²) in [7, 11) is 0. The largest absolute Gasteiger partial charge is 0.465 e. The second-order valence-corrected chi connectivity index (χ2v) is 4.21. The molecule has 0 bridgehead atoms. The molecule has 4 nitrogen and oxygen atoms in total. The summed E-state index contributed by atoms with van der Waals surface area (Å²) in [6, 6.07) is -0.723. The number of carbonyl (C=O) groups excluding carboxylic acids is 1. The Morgan fingerprint density at radius 1 is 1.32 bits per heavy atom. The average Bonchev–Trinajstić information content (AvgIpc) is 2.27. The maximum absolute atomic E-state index is 12.4. The van der Waals surface area contributed by atoms with Crippen LogP contribution >= 0.6 is 0 Å². The monoisotopic (exact) mass is 284 g/mol. The molecule has 0 aromatic heterocycles. The van der Waals surface area contributed by atoms with Crippen molar-refractivity contribution in [3.8, 4) is 0 Å². The summed E-state index contributed by atoms with van der Waals surface area (Å²) in [5, 5.41) is 2.86. The zero-order valence-corrected chi connectivity index (χ0v) is 11.7. The number of hydrogen-bond donors (Lipinski definition) is 1. The summed E-state index contributed by atoms with van der Waals surface area (Å²) >= 11 is 0. The number of ether oxygens (including phenoxy) is 1. The summed E-state index contributed by atoms with van der Waals surface area (Å²) in [5.74, 6) is -0.507. The molecule has 0 saturated heterocycles. The van der Waals surface area contributed by atoms with Crippen molar-refractivity contribution in [3.63, 3.8) is 0 Å². The van der Waals surface area contributed by atoms with E-state index in [0.29, 0.717) is 19.5 Å². The summed E-state index contributed by atoms with van der Waals surface area (Å²) in [5.41, 5.74) is 0. The molecule has 0 amide bonds. The SMILES string of the molecule is CCCN(CC(NCC)C(=O)OCC)CC(F)(F)F. The predicted octanol–water partition coefficient (Wildman–Crippen LogP) is 1.80. The van der Waals surface area contributed by atoms with Gasteiger partial charge >= 0.3 is 12.1 Å². The molecule has 0 saturated carbocycles. The number of esters is 1. The molecule has 0 rings (SSSR count). The van der Waals surface area contributed by atoms with Gasteiger partial charge < -0.3 is 10.1 Å². The van der Waals surface area contributed by atoms with Gasteiger partial charge in [-0.3, -0.25) is 9.69 Å². The van der Waals surface area contributed by atoms with Crippen LogP contribution in [-0.4, -0.2) is 55.9 Å². The molecule has 114 valence electrons. The van der Waals surface area contributed by atoms with Gasteiger partial charge in [0.2, 0.25) is 0 Å². The molecule has 0 heterocycles. The van der Waals surface area contributed by atoms with Crippen molar-refractivity contribution in [2.75, 3.05) is 32.8 Å². The first-order valence-corrected chi connectivity index (χ1v) is 6.53. The van der Waals surface area contributed by atoms with Crippen LogP contribution in [0.2, 0.25) is 0 Å². The van der Waals surface area contributed by atoms with Crippen LogP contribution in [-0.2, 0) is 9.53 Å². The fraction of sp³-hybridized carbons (Fsp3) is 0.917. The highest BCUT2D eigenvalue weighted by atomic mass is 19.4. The van der Waals surface area contributed by atoms with Crippen LogP contribution in [0.5, 0.6) is 0 Å². The van der Waals surface area contributed by atoms with Crippen molar-refractivity contribution < 1.29 is 22.7 Å². The van der Waals surface area contributed by atoms with E-state index in [-0.39, 0.29) is 13.2 Å². The molecule has 0 aliphatic carbocycles. The molecule has 0 fully saturated rings. The van der Waals surface area contributed by atoms with E-state index in [9.17, 15) is 18.0 Å². The third-order valence-electron chi connectivity index (χ3n) is 2.41. The summed E-state index contributed by atoms with van der Waals surface area (Å²) in [4.78, 5) is 12.9. The Bertz CT molecular complexity index is 260. The van der Waals surface area contributed by atoms with Crippen LogP contribution in [0, 0.1) is 0 Å². The van der Waals surface area contributed by atoms with Gasteiger partial charge in [0.15, 0.2) is 0 Å². The van der Waals surface area contributed by atoms with Crippen molar-refractivity contribution >= 4 is 5.97 Å². The van der Waals surface area contributed by atoms with Crippen LogP contribution in [0.1, 0.15) is 27.2 Å². The Morgan fingerprint density at radius 3 is 2.37 bits per heavy atom. The zero-order valence-electron chi connectivity index (χ0n) is 11.7. The van der Waals surface area contributed by atoms with Gasteiger partial charge in [-0.15, -0.1) is 0 Å². The van der Waals surface area contributed by atoms with Gasteiger partial charge in [0.1, 0.15) is 6.04 Å². The predicted molar refractivity (Wildman–Crippen MR) is 66.9 cm³/mol. The number of rotatable bonds is 9. The Labute approximate surface area is 112 Å². The lowest BCUT2D eigenvalue weighted by atomic mass is 10.2. The Balaban J connectivity index is 4.59. The fourth-order valence-corrected chi connectivity index (χ4v) is 1.77. The minimum atomic E-state index is -4.26. The minimum absolute atomic E-state index is 0.0000231. The van der Waals surface area contributed by atoms with E-state index in [2.05, 4.69) is 5.32 Å². The fourth-order valence-electron chi connectivity index (χ4n) is 1.77. The van der Waals surface area contributed by atoms with E-state index < -0.39 is 24.7 Å². The highest BCUT2D eigenvalue weighted by Crippen LogP contribution is 2.17. The lowest BCUT2D eigenvalue weighted by Gasteiger charge is -2.27. The van der Waals surface area contributed by atoms with Crippen molar-refractivity contribution in [3.05, 3.63) is 0 Å². The molecule has 19 heavy (non-hydrogen) atoms. The maximum atomic E-state index is 12.4. The molecule has 0 spiro atoms. The van der Waals surface area contributed by atoms with Gasteiger partial charge in [0.25, 0.3) is 0 Å². The molecule has 0 aromatic rings. The normalized spacial score (nSPS) is 13.6. The molecule has 1 N–H and O–H groups in total. The van der Waals surface area contributed by atoms with Crippen LogP contribution in [0.25, 0.3) is 0 Å². The van der Waals surface area contributed by atoms with E-state index >= 15 is 0 Å². The highest BCUT2D eigenvalue weighted by Gasteiger charge is 2.32. The minimum Gasteiger partial charge on any atom is -0.465 e. The topological polar surface area (TPSA) is 41.6 Å². The molecule has 1 unspecified atom stereocenters. The van der Waals surface area contributed by atoms with E-state index in [1.807, 2.05) is 0 Å². The first-order chi connectivity index (χ1) is 8.84. The van der Waals surface area contributed by atoms with Gasteiger partial charge in [-0.1, -0.05) is 13.8 Å². The number of halogens is 3. The zero-order chi connectivity index (χ0) is 14.9. The van der Waals surface area contributed by atoms with E-state index in [1.54, 1.807) is 20.8 Å². The highest BCUT2D eigenvalue weighted by molar-refractivity contribution is 5.76. The van der Waals surface area contributed by atoms with Crippen LogP contribution in [0.15, 0.2) is 0 Å². The van der Waals surface area contributed by atoms with Crippen molar-refractivity contribution in [2.24, 2.45) is 0 Å². The molecule has 0 aliphatic rings. The number of nitrogens with zero attached hydrogens (tertiary/aromatic N) is 1. The number of carbonyl (C=O) groups is 1. The number of hydrogen-bond acceptors (Lipinski definition) is 4. The summed E-state index contributed by atoms with van der Waals surface area (Å²) in [6.45, 7) is 5.25. The van der Waals surface area contributed by atoms with Crippen molar-refractivity contribution in [1.29, 1.82) is 0 Å². The third kappa shape index (κ3) is 8.83. The smallest absolute Gasteiger partial charge is 0.401 e. The molecule has 0 aromatic carbocycles.